The van der Waals surface area contributed by atoms with Crippen molar-refractivity contribution in [2.75, 3.05) is 5.32 Å². The summed E-state index contributed by atoms with van der Waals surface area (Å²) >= 11 is 0. The van der Waals surface area contributed by atoms with E-state index in [0.717, 1.165) is 49.7 Å². The number of amides is 2. The Morgan fingerprint density at radius 1 is 0.900 bits per heavy atom. The second kappa shape index (κ2) is 7.92. The van der Waals surface area contributed by atoms with E-state index in [2.05, 4.69) is 11.4 Å². The monoisotopic (exact) mass is 439 g/mol. The van der Waals surface area contributed by atoms with Crippen molar-refractivity contribution < 1.29 is 26.4 Å². The third-order valence-electron chi connectivity index (χ3n) is 5.48. The van der Waals surface area contributed by atoms with Crippen LogP contribution in [0.4, 0.5) is 23.7 Å². The molecule has 0 aromatic heterocycles. The molecule has 3 N–H and O–H groups in total. The Kier molecular flexibility index (Phi) is 5.46. The molecule has 0 saturated heterocycles. The number of carbonyl (C=O) groups excluding carboxylic acids is 1. The van der Waals surface area contributed by atoms with Gasteiger partial charge in [0.25, 0.3) is 0 Å². The van der Waals surface area contributed by atoms with Crippen LogP contribution in [0.1, 0.15) is 40.7 Å². The molecular weight excluding hydrogens is 419 g/mol. The molecular formula is C20H20F3N3O3S. The first-order valence-corrected chi connectivity index (χ1v) is 11.1. The number of halogens is 3. The fourth-order valence-corrected chi connectivity index (χ4v) is 4.87. The fourth-order valence-electron chi connectivity index (χ4n) is 4.17. The minimum atomic E-state index is -4.41. The van der Waals surface area contributed by atoms with Gasteiger partial charge in [-0.2, -0.15) is 13.1 Å². The van der Waals surface area contributed by atoms with Crippen LogP contribution in [-0.4, -0.2) is 14.4 Å². The van der Waals surface area contributed by atoms with Crippen LogP contribution in [-0.2, 0) is 42.4 Å². The van der Waals surface area contributed by atoms with E-state index in [1.54, 1.807) is 4.72 Å². The van der Waals surface area contributed by atoms with Crippen molar-refractivity contribution in [2.24, 2.45) is 0 Å². The van der Waals surface area contributed by atoms with E-state index in [1.165, 1.54) is 11.1 Å². The van der Waals surface area contributed by atoms with Gasteiger partial charge in [0.05, 0.1) is 0 Å². The van der Waals surface area contributed by atoms with Gasteiger partial charge in [-0.3, -0.25) is 0 Å². The molecule has 0 heterocycles. The molecule has 0 bridgehead atoms. The molecule has 10 heteroatoms. The van der Waals surface area contributed by atoms with E-state index in [-0.39, 0.29) is 0 Å². The molecule has 0 saturated carbocycles. The zero-order valence-corrected chi connectivity index (χ0v) is 16.8. The molecule has 2 aromatic rings. The lowest BCUT2D eigenvalue weighted by Gasteiger charge is -2.17. The highest BCUT2D eigenvalue weighted by Gasteiger charge is 2.26. The van der Waals surface area contributed by atoms with Gasteiger partial charge in [-0.1, -0.05) is 6.07 Å². The van der Waals surface area contributed by atoms with Gasteiger partial charge >= 0.3 is 16.2 Å². The van der Waals surface area contributed by atoms with Crippen LogP contribution in [0.5, 0.6) is 0 Å². The molecule has 2 aliphatic rings. The molecule has 2 amide bonds. The lowest BCUT2D eigenvalue weighted by atomic mass is 9.99. The predicted molar refractivity (Wildman–Crippen MR) is 105 cm³/mol. The van der Waals surface area contributed by atoms with Gasteiger partial charge in [0.1, 0.15) is 17.5 Å². The average molecular weight is 439 g/mol. The van der Waals surface area contributed by atoms with Crippen molar-refractivity contribution in [3.63, 3.8) is 0 Å². The van der Waals surface area contributed by atoms with E-state index >= 15 is 0 Å². The first-order chi connectivity index (χ1) is 14.2. The maximum absolute atomic E-state index is 13.7. The molecule has 160 valence electrons. The van der Waals surface area contributed by atoms with Crippen LogP contribution in [0, 0.1) is 17.5 Å². The van der Waals surface area contributed by atoms with Crippen LogP contribution in [0.3, 0.4) is 0 Å². The number of fused-ring (bicyclic) bond motifs is 2. The Balaban J connectivity index is 1.46. The zero-order chi connectivity index (χ0) is 21.5. The number of aryl methyl sites for hydroxylation is 2. The summed E-state index contributed by atoms with van der Waals surface area (Å²) in [6.45, 7) is -0.781. The summed E-state index contributed by atoms with van der Waals surface area (Å²) in [7, 11) is -4.41. The van der Waals surface area contributed by atoms with Crippen molar-refractivity contribution in [2.45, 2.75) is 45.1 Å². The molecule has 0 atom stereocenters. The number of nitrogens with one attached hydrogen (secondary N) is 3. The van der Waals surface area contributed by atoms with Gasteiger partial charge < -0.3 is 5.32 Å². The summed E-state index contributed by atoms with van der Waals surface area (Å²) in [6.07, 6.45) is 5.42. The van der Waals surface area contributed by atoms with Crippen molar-refractivity contribution in [3.05, 3.63) is 63.5 Å². The summed E-state index contributed by atoms with van der Waals surface area (Å²) in [5.74, 6) is -3.57. The first kappa shape index (κ1) is 20.7. The van der Waals surface area contributed by atoms with Crippen LogP contribution < -0.4 is 14.8 Å². The third kappa shape index (κ3) is 4.15. The lowest BCUT2D eigenvalue weighted by Crippen LogP contribution is -2.42. The van der Waals surface area contributed by atoms with Crippen LogP contribution in [0.15, 0.2) is 18.2 Å². The van der Waals surface area contributed by atoms with Crippen molar-refractivity contribution in [1.82, 2.24) is 9.44 Å². The minimum absolute atomic E-state index is 0.448. The smallest absolute Gasteiger partial charge is 0.307 e. The number of hydrogen-bond donors (Lipinski definition) is 3. The molecule has 0 spiro atoms. The second-order valence-corrected chi connectivity index (χ2v) is 8.96. The molecule has 0 unspecified atom stereocenters. The summed E-state index contributed by atoms with van der Waals surface area (Å²) in [5.41, 5.74) is 4.43. The van der Waals surface area contributed by atoms with Gasteiger partial charge in [0.15, 0.2) is 0 Å². The Bertz CT molecular complexity index is 1080. The summed E-state index contributed by atoms with van der Waals surface area (Å²) in [6, 6.07) is 2.11. The normalized spacial score (nSPS) is 15.0. The Morgan fingerprint density at radius 2 is 1.47 bits per heavy atom. The highest BCUT2D eigenvalue weighted by atomic mass is 32.2. The highest BCUT2D eigenvalue weighted by molar-refractivity contribution is 7.88. The number of hydrogen-bond acceptors (Lipinski definition) is 3. The zero-order valence-electron chi connectivity index (χ0n) is 15.9. The van der Waals surface area contributed by atoms with E-state index < -0.39 is 45.8 Å². The summed E-state index contributed by atoms with van der Waals surface area (Å²) < 4.78 is 68.3. The van der Waals surface area contributed by atoms with Crippen molar-refractivity contribution >= 4 is 21.9 Å². The Morgan fingerprint density at radius 3 is 2.03 bits per heavy atom. The number of rotatable bonds is 5. The number of carbonyl (C=O) groups is 1. The lowest BCUT2D eigenvalue weighted by molar-refractivity contribution is 0.256. The maximum Gasteiger partial charge on any atom is 0.333 e. The molecule has 2 aromatic carbocycles. The largest absolute Gasteiger partial charge is 0.333 e. The average Bonchev–Trinajstić information content (AvgIpc) is 3.29. The van der Waals surface area contributed by atoms with E-state index in [0.29, 0.717) is 17.8 Å². The van der Waals surface area contributed by atoms with Crippen LogP contribution >= 0.6 is 0 Å². The quantitative estimate of drug-likeness (QED) is 0.669. The van der Waals surface area contributed by atoms with Gasteiger partial charge in [-0.05, 0) is 60.8 Å². The highest BCUT2D eigenvalue weighted by Crippen LogP contribution is 2.38. The summed E-state index contributed by atoms with van der Waals surface area (Å²) in [4.78, 5) is 12.4. The Labute approximate surface area is 172 Å². The molecule has 6 nitrogen and oxygen atoms in total. The van der Waals surface area contributed by atoms with Crippen LogP contribution in [0.2, 0.25) is 0 Å². The number of urea groups is 1. The molecule has 0 fully saturated rings. The minimum Gasteiger partial charge on any atom is -0.307 e. The SMILES string of the molecule is O=C(Nc1c2c(cc3c1CCC3)CCC2)NS(=O)(=O)NCc1c(F)cc(F)cc1F. The fraction of sp³-hybridized carbons (Fsp3) is 0.350. The first-order valence-electron chi connectivity index (χ1n) is 9.62. The van der Waals surface area contributed by atoms with Crippen molar-refractivity contribution in [1.29, 1.82) is 0 Å². The van der Waals surface area contributed by atoms with Gasteiger partial charge in [0, 0.05) is 29.9 Å². The van der Waals surface area contributed by atoms with E-state index in [1.807, 2.05) is 4.72 Å². The van der Waals surface area contributed by atoms with E-state index in [4.69, 9.17) is 0 Å². The molecule has 4 rings (SSSR count). The number of anilines is 1. The molecule has 30 heavy (non-hydrogen) atoms. The molecule has 2 aliphatic carbocycles. The van der Waals surface area contributed by atoms with Gasteiger partial charge in [-0.15, -0.1) is 0 Å². The van der Waals surface area contributed by atoms with Crippen molar-refractivity contribution in [3.8, 4) is 0 Å². The standard InChI is InChI=1S/C20H20F3N3O3S/c21-13-8-17(22)16(18(23)9-13)10-24-30(28,29)26-20(27)25-19-14-5-1-3-11(14)7-12-4-2-6-15(12)19/h7-9,24H,1-6,10H2,(H2,25,26,27). The second-order valence-electron chi connectivity index (χ2n) is 7.46. The predicted octanol–water partition coefficient (Wildman–Crippen LogP) is 3.24. The third-order valence-corrected chi connectivity index (χ3v) is 6.46. The van der Waals surface area contributed by atoms with E-state index in [9.17, 15) is 26.4 Å². The Hall–Kier alpha value is -2.59. The molecule has 0 aliphatic heterocycles. The van der Waals surface area contributed by atoms with Crippen LogP contribution in [0.25, 0.3) is 0 Å². The molecule has 0 radical (unpaired) electrons. The number of benzene rings is 2. The van der Waals surface area contributed by atoms with Gasteiger partial charge in [-0.25, -0.2) is 22.7 Å². The summed E-state index contributed by atoms with van der Waals surface area (Å²) in [5, 5.41) is 2.66. The topological polar surface area (TPSA) is 87.3 Å². The van der Waals surface area contributed by atoms with Gasteiger partial charge in [0.2, 0.25) is 0 Å². The maximum atomic E-state index is 13.7.